The normalized spacial score (nSPS) is 17.4. The highest BCUT2D eigenvalue weighted by molar-refractivity contribution is 7.89. The predicted octanol–water partition coefficient (Wildman–Crippen LogP) is 0.891. The highest BCUT2D eigenvalue weighted by Crippen LogP contribution is 2.15. The number of carbonyl (C=O) groups is 2. The first kappa shape index (κ1) is 18.0. The van der Waals surface area contributed by atoms with E-state index in [9.17, 15) is 18.0 Å². The van der Waals surface area contributed by atoms with Crippen LogP contribution in [0.25, 0.3) is 0 Å². The zero-order chi connectivity index (χ0) is 18.6. The number of anilines is 1. The van der Waals surface area contributed by atoms with Gasteiger partial charge in [-0.05, 0) is 43.2 Å². The fourth-order valence-electron chi connectivity index (χ4n) is 2.58. The van der Waals surface area contributed by atoms with Crippen LogP contribution in [0.15, 0.2) is 53.7 Å². The molecule has 1 atom stereocenters. The van der Waals surface area contributed by atoms with E-state index in [1.165, 1.54) is 30.5 Å². The van der Waals surface area contributed by atoms with Gasteiger partial charge in [0.25, 0.3) is 5.91 Å². The number of amides is 2. The predicted molar refractivity (Wildman–Crippen MR) is 95.0 cm³/mol. The average molecular weight is 374 g/mol. The summed E-state index contributed by atoms with van der Waals surface area (Å²) < 4.78 is 27.5. The number of piperidine rings is 1. The van der Waals surface area contributed by atoms with Crippen LogP contribution in [-0.2, 0) is 14.8 Å². The molecule has 0 unspecified atom stereocenters. The minimum absolute atomic E-state index is 0.0743. The molecule has 2 heterocycles. The number of hydrogen-bond donors (Lipinski definition) is 3. The number of nitrogens with zero attached hydrogens (tertiary/aromatic N) is 1. The molecule has 9 heteroatoms. The smallest absolute Gasteiger partial charge is 0.255 e. The molecule has 1 aliphatic heterocycles. The van der Waals surface area contributed by atoms with Gasteiger partial charge in [0.1, 0.15) is 6.04 Å². The van der Waals surface area contributed by atoms with Gasteiger partial charge >= 0.3 is 0 Å². The van der Waals surface area contributed by atoms with E-state index in [1.807, 2.05) is 0 Å². The van der Waals surface area contributed by atoms with Crippen molar-refractivity contribution in [3.05, 3.63) is 54.4 Å². The molecule has 1 aliphatic rings. The van der Waals surface area contributed by atoms with E-state index in [0.29, 0.717) is 25.1 Å². The molecule has 1 aromatic carbocycles. The summed E-state index contributed by atoms with van der Waals surface area (Å²) in [6.07, 6.45) is 4.20. The van der Waals surface area contributed by atoms with Crippen LogP contribution < -0.4 is 15.4 Å². The third kappa shape index (κ3) is 4.24. The van der Waals surface area contributed by atoms with Gasteiger partial charge in [-0.1, -0.05) is 6.07 Å². The van der Waals surface area contributed by atoms with E-state index in [-0.39, 0.29) is 16.4 Å². The quantitative estimate of drug-likeness (QED) is 0.718. The Morgan fingerprint density at radius 3 is 2.81 bits per heavy atom. The molecule has 1 aromatic heterocycles. The number of rotatable bonds is 5. The van der Waals surface area contributed by atoms with Crippen LogP contribution in [0.5, 0.6) is 0 Å². The van der Waals surface area contributed by atoms with Crippen molar-refractivity contribution in [1.29, 1.82) is 0 Å². The first-order valence-electron chi connectivity index (χ1n) is 8.07. The topological polar surface area (TPSA) is 117 Å². The van der Waals surface area contributed by atoms with Gasteiger partial charge in [-0.3, -0.25) is 14.6 Å². The summed E-state index contributed by atoms with van der Waals surface area (Å²) in [7, 11) is -3.92. The Balaban J connectivity index is 1.77. The van der Waals surface area contributed by atoms with Crippen molar-refractivity contribution < 1.29 is 18.0 Å². The minimum atomic E-state index is -3.92. The number of hydrogen-bond acceptors (Lipinski definition) is 5. The van der Waals surface area contributed by atoms with Crippen molar-refractivity contribution in [3.8, 4) is 0 Å². The summed E-state index contributed by atoms with van der Waals surface area (Å²) >= 11 is 0. The van der Waals surface area contributed by atoms with E-state index in [2.05, 4.69) is 20.3 Å². The summed E-state index contributed by atoms with van der Waals surface area (Å²) in [5, 5.41) is 5.27. The van der Waals surface area contributed by atoms with Crippen LogP contribution in [-0.4, -0.2) is 37.8 Å². The third-order valence-electron chi connectivity index (χ3n) is 3.91. The van der Waals surface area contributed by atoms with Crippen molar-refractivity contribution in [1.82, 2.24) is 15.0 Å². The molecule has 0 aliphatic carbocycles. The fourth-order valence-corrected chi connectivity index (χ4v) is 3.86. The first-order valence-corrected chi connectivity index (χ1v) is 9.55. The maximum atomic E-state index is 12.5. The molecule has 2 amide bonds. The molecule has 3 rings (SSSR count). The zero-order valence-electron chi connectivity index (χ0n) is 13.8. The number of aromatic nitrogens is 1. The third-order valence-corrected chi connectivity index (χ3v) is 5.38. The van der Waals surface area contributed by atoms with E-state index < -0.39 is 22.0 Å². The van der Waals surface area contributed by atoms with E-state index in [0.717, 1.165) is 0 Å². The molecule has 1 saturated heterocycles. The Kier molecular flexibility index (Phi) is 5.29. The molecule has 0 bridgehead atoms. The summed E-state index contributed by atoms with van der Waals surface area (Å²) in [5.41, 5.74) is 0.688. The van der Waals surface area contributed by atoms with Crippen molar-refractivity contribution in [3.63, 3.8) is 0 Å². The van der Waals surface area contributed by atoms with E-state index in [4.69, 9.17) is 0 Å². The molecule has 1 fully saturated rings. The number of benzene rings is 1. The molecule has 0 radical (unpaired) electrons. The molecular weight excluding hydrogens is 356 g/mol. The molecule has 2 aromatic rings. The van der Waals surface area contributed by atoms with Crippen molar-refractivity contribution in [2.45, 2.75) is 23.8 Å². The van der Waals surface area contributed by atoms with Crippen molar-refractivity contribution >= 4 is 27.5 Å². The number of sulfonamides is 1. The van der Waals surface area contributed by atoms with Gasteiger partial charge in [0.05, 0.1) is 16.8 Å². The summed E-state index contributed by atoms with van der Waals surface area (Å²) in [6, 6.07) is 8.19. The van der Waals surface area contributed by atoms with Gasteiger partial charge in [-0.2, -0.15) is 4.72 Å². The molecule has 3 N–H and O–H groups in total. The Bertz CT molecular complexity index is 915. The highest BCUT2D eigenvalue weighted by Gasteiger charge is 2.28. The lowest BCUT2D eigenvalue weighted by Crippen LogP contribution is -2.50. The van der Waals surface area contributed by atoms with Gasteiger partial charge < -0.3 is 10.6 Å². The number of carbonyl (C=O) groups excluding carboxylic acids is 2. The van der Waals surface area contributed by atoms with Crippen LogP contribution in [0.2, 0.25) is 0 Å². The zero-order valence-corrected chi connectivity index (χ0v) is 14.6. The molecule has 0 saturated carbocycles. The average Bonchev–Trinajstić information content (AvgIpc) is 2.64. The molecule has 136 valence electrons. The lowest BCUT2D eigenvalue weighted by molar-refractivity contribution is -0.124. The monoisotopic (exact) mass is 374 g/mol. The Hall–Kier alpha value is -2.78. The largest absolute Gasteiger partial charge is 0.355 e. The van der Waals surface area contributed by atoms with Crippen molar-refractivity contribution in [2.75, 3.05) is 11.9 Å². The summed E-state index contributed by atoms with van der Waals surface area (Å²) in [4.78, 5) is 27.9. The van der Waals surface area contributed by atoms with Crippen molar-refractivity contribution in [2.24, 2.45) is 0 Å². The fraction of sp³-hybridized carbons (Fsp3) is 0.235. The lowest BCUT2D eigenvalue weighted by Gasteiger charge is -2.22. The summed E-state index contributed by atoms with van der Waals surface area (Å²) in [6.45, 7) is 0.543. The molecular formula is C17H18N4O4S. The van der Waals surface area contributed by atoms with Gasteiger partial charge in [0, 0.05) is 18.3 Å². The van der Waals surface area contributed by atoms with Crippen LogP contribution in [0, 0.1) is 0 Å². The number of nitrogens with one attached hydrogen (secondary N) is 3. The highest BCUT2D eigenvalue weighted by atomic mass is 32.2. The lowest BCUT2D eigenvalue weighted by atomic mass is 10.1. The molecule has 0 spiro atoms. The maximum absolute atomic E-state index is 12.5. The van der Waals surface area contributed by atoms with Crippen LogP contribution in [0.3, 0.4) is 0 Å². The molecule has 8 nitrogen and oxygen atoms in total. The second-order valence-corrected chi connectivity index (χ2v) is 7.54. The summed E-state index contributed by atoms with van der Waals surface area (Å²) in [5.74, 6) is -0.796. The van der Waals surface area contributed by atoms with Gasteiger partial charge in [0.15, 0.2) is 0 Å². The van der Waals surface area contributed by atoms with Crippen LogP contribution in [0.1, 0.15) is 23.2 Å². The van der Waals surface area contributed by atoms with Gasteiger partial charge in [-0.15, -0.1) is 0 Å². The van der Waals surface area contributed by atoms with Crippen LogP contribution >= 0.6 is 0 Å². The maximum Gasteiger partial charge on any atom is 0.255 e. The Morgan fingerprint density at radius 1 is 1.23 bits per heavy atom. The second-order valence-electron chi connectivity index (χ2n) is 5.83. The standard InChI is InChI=1S/C17H18N4O4S/c22-16(20-13-5-2-8-18-11-13)12-4-1-6-14(10-12)26(24,25)21-15-7-3-9-19-17(15)23/h1-2,4-6,8,10-11,15,21H,3,7,9H2,(H,19,23)(H,20,22)/t15-/m0/s1. The first-order chi connectivity index (χ1) is 12.5. The SMILES string of the molecule is O=C(Nc1cccnc1)c1cccc(S(=O)(=O)N[C@H]2CCCNC2=O)c1. The Labute approximate surface area is 151 Å². The van der Waals surface area contributed by atoms with E-state index >= 15 is 0 Å². The second kappa shape index (κ2) is 7.63. The van der Waals surface area contributed by atoms with Gasteiger partial charge in [-0.25, -0.2) is 8.42 Å². The number of pyridine rings is 1. The van der Waals surface area contributed by atoms with Crippen LogP contribution in [0.4, 0.5) is 5.69 Å². The molecule has 26 heavy (non-hydrogen) atoms. The Morgan fingerprint density at radius 2 is 2.08 bits per heavy atom. The minimum Gasteiger partial charge on any atom is -0.355 e. The van der Waals surface area contributed by atoms with E-state index in [1.54, 1.807) is 18.3 Å². The van der Waals surface area contributed by atoms with Gasteiger partial charge in [0.2, 0.25) is 15.9 Å².